The molecule has 2 nitrogen and oxygen atoms in total. The van der Waals surface area contributed by atoms with E-state index in [-0.39, 0.29) is 17.0 Å². The Morgan fingerprint density at radius 1 is 1.07 bits per heavy atom. The van der Waals surface area contributed by atoms with Gasteiger partial charge in [-0.1, -0.05) is 18.6 Å². The van der Waals surface area contributed by atoms with Crippen molar-refractivity contribution in [1.29, 1.82) is 0 Å². The largest absolute Gasteiger partial charge is 0.497 e. The summed E-state index contributed by atoms with van der Waals surface area (Å²) in [5.74, 6) is 0.927. The summed E-state index contributed by atoms with van der Waals surface area (Å²) in [4.78, 5) is 0. The number of hydrogen-bond donors (Lipinski definition) is 1. The molecule has 1 aromatic carbocycles. The van der Waals surface area contributed by atoms with Crippen molar-refractivity contribution >= 4 is 17.0 Å². The Morgan fingerprint density at radius 2 is 1.73 bits per heavy atom. The van der Waals surface area contributed by atoms with Crippen LogP contribution in [0.5, 0.6) is 5.75 Å². The highest BCUT2D eigenvalue weighted by atomic mass is 79.9. The van der Waals surface area contributed by atoms with E-state index in [1.54, 1.807) is 7.11 Å². The number of methoxy groups -OCH3 is 1. The second-order valence-corrected chi connectivity index (χ2v) is 3.45. The molecular weight excluding hydrogens is 254 g/mol. The van der Waals surface area contributed by atoms with Crippen LogP contribution in [0.3, 0.4) is 0 Å². The van der Waals surface area contributed by atoms with Gasteiger partial charge < -0.3 is 10.5 Å². The summed E-state index contributed by atoms with van der Waals surface area (Å²) in [7, 11) is 1.69. The van der Waals surface area contributed by atoms with E-state index >= 15 is 0 Å². The van der Waals surface area contributed by atoms with E-state index in [2.05, 4.69) is 12.1 Å². The molecule has 3 heteroatoms. The van der Waals surface area contributed by atoms with Gasteiger partial charge in [0.2, 0.25) is 0 Å². The predicted molar refractivity (Wildman–Crippen MR) is 69.9 cm³/mol. The topological polar surface area (TPSA) is 35.2 Å². The van der Waals surface area contributed by atoms with Crippen molar-refractivity contribution in [2.45, 2.75) is 25.7 Å². The first-order valence-corrected chi connectivity index (χ1v) is 5.20. The number of aryl methyl sites for hydroxylation is 1. The lowest BCUT2D eigenvalue weighted by molar-refractivity contribution is 0.414. The van der Waals surface area contributed by atoms with Crippen LogP contribution in [0.15, 0.2) is 24.3 Å². The van der Waals surface area contributed by atoms with Gasteiger partial charge in [0.1, 0.15) is 5.75 Å². The fourth-order valence-electron chi connectivity index (χ4n) is 1.44. The fraction of sp³-hybridized carbons (Fsp3) is 0.500. The Kier molecular flexibility index (Phi) is 8.43. The van der Waals surface area contributed by atoms with Gasteiger partial charge >= 0.3 is 0 Å². The highest BCUT2D eigenvalue weighted by Crippen LogP contribution is 2.13. The summed E-state index contributed by atoms with van der Waals surface area (Å²) >= 11 is 0. The van der Waals surface area contributed by atoms with Crippen molar-refractivity contribution in [2.24, 2.45) is 5.73 Å². The quantitative estimate of drug-likeness (QED) is 0.809. The number of halogens is 1. The van der Waals surface area contributed by atoms with Crippen LogP contribution >= 0.6 is 17.0 Å². The molecule has 0 fully saturated rings. The molecule has 0 aliphatic carbocycles. The van der Waals surface area contributed by atoms with Crippen molar-refractivity contribution in [3.05, 3.63) is 29.8 Å². The Bertz CT molecular complexity index is 248. The van der Waals surface area contributed by atoms with Gasteiger partial charge in [0.15, 0.2) is 0 Å². The third kappa shape index (κ3) is 5.80. The molecule has 0 aliphatic heterocycles. The van der Waals surface area contributed by atoms with Crippen LogP contribution in [-0.4, -0.2) is 13.7 Å². The summed E-state index contributed by atoms with van der Waals surface area (Å²) in [6.07, 6.45) is 4.73. The Hall–Kier alpha value is -0.540. The van der Waals surface area contributed by atoms with Gasteiger partial charge in [-0.05, 0) is 43.5 Å². The van der Waals surface area contributed by atoms with Gasteiger partial charge in [0, 0.05) is 0 Å². The van der Waals surface area contributed by atoms with Gasteiger partial charge in [-0.3, -0.25) is 0 Å². The molecule has 0 amide bonds. The number of nitrogens with two attached hydrogens (primary N) is 1. The Labute approximate surface area is 103 Å². The summed E-state index contributed by atoms with van der Waals surface area (Å²) in [6, 6.07) is 8.28. The van der Waals surface area contributed by atoms with Crippen molar-refractivity contribution in [3.63, 3.8) is 0 Å². The maximum atomic E-state index is 5.43. The van der Waals surface area contributed by atoms with Crippen molar-refractivity contribution in [3.8, 4) is 5.75 Å². The van der Waals surface area contributed by atoms with Gasteiger partial charge in [-0.15, -0.1) is 17.0 Å². The minimum atomic E-state index is 0. The zero-order valence-corrected chi connectivity index (χ0v) is 11.0. The fourth-order valence-corrected chi connectivity index (χ4v) is 1.44. The molecule has 1 aromatic rings. The van der Waals surface area contributed by atoms with Crippen molar-refractivity contribution in [2.75, 3.05) is 13.7 Å². The van der Waals surface area contributed by atoms with Crippen molar-refractivity contribution < 1.29 is 4.74 Å². The summed E-state index contributed by atoms with van der Waals surface area (Å²) < 4.78 is 5.10. The zero-order chi connectivity index (χ0) is 10.2. The number of hydrogen-bond acceptors (Lipinski definition) is 2. The molecule has 0 bridgehead atoms. The first-order valence-electron chi connectivity index (χ1n) is 5.20. The first-order chi connectivity index (χ1) is 6.86. The second kappa shape index (κ2) is 8.74. The molecule has 0 aromatic heterocycles. The van der Waals surface area contributed by atoms with E-state index in [0.29, 0.717) is 0 Å². The lowest BCUT2D eigenvalue weighted by Crippen LogP contribution is -1.98. The molecule has 0 unspecified atom stereocenters. The average Bonchev–Trinajstić information content (AvgIpc) is 2.25. The molecule has 0 heterocycles. The molecule has 2 N–H and O–H groups in total. The van der Waals surface area contributed by atoms with Crippen LogP contribution in [0.4, 0.5) is 0 Å². The van der Waals surface area contributed by atoms with Crippen LogP contribution in [0.1, 0.15) is 24.8 Å². The van der Waals surface area contributed by atoms with E-state index in [9.17, 15) is 0 Å². The standard InChI is InChI=1S/C12H19NO.BrH/c1-14-12-8-6-11(7-9-12)5-3-2-4-10-13;/h6-9H,2-5,10,13H2,1H3;1H. The third-order valence-electron chi connectivity index (χ3n) is 2.33. The first kappa shape index (κ1) is 14.5. The van der Waals surface area contributed by atoms with E-state index in [4.69, 9.17) is 10.5 Å². The number of benzene rings is 1. The Balaban J connectivity index is 0.00000196. The minimum Gasteiger partial charge on any atom is -0.497 e. The summed E-state index contributed by atoms with van der Waals surface area (Å²) in [5, 5.41) is 0. The number of unbranched alkanes of at least 4 members (excludes halogenated alkanes) is 2. The summed E-state index contributed by atoms with van der Waals surface area (Å²) in [6.45, 7) is 0.808. The lowest BCUT2D eigenvalue weighted by atomic mass is 10.1. The Morgan fingerprint density at radius 3 is 2.27 bits per heavy atom. The SMILES string of the molecule is Br.COc1ccc(CCCCCN)cc1. The maximum absolute atomic E-state index is 5.43. The molecular formula is C12H20BrNO. The molecule has 0 radical (unpaired) electrons. The van der Waals surface area contributed by atoms with Crippen LogP contribution < -0.4 is 10.5 Å². The second-order valence-electron chi connectivity index (χ2n) is 3.45. The zero-order valence-electron chi connectivity index (χ0n) is 9.24. The maximum Gasteiger partial charge on any atom is 0.118 e. The van der Waals surface area contributed by atoms with Crippen LogP contribution in [0.2, 0.25) is 0 Å². The van der Waals surface area contributed by atoms with E-state index in [0.717, 1.165) is 25.1 Å². The molecule has 1 rings (SSSR count). The highest BCUT2D eigenvalue weighted by molar-refractivity contribution is 8.93. The van der Waals surface area contributed by atoms with Crippen LogP contribution in [-0.2, 0) is 6.42 Å². The predicted octanol–water partition coefficient (Wildman–Crippen LogP) is 2.94. The van der Waals surface area contributed by atoms with E-state index in [1.165, 1.54) is 18.4 Å². The van der Waals surface area contributed by atoms with E-state index < -0.39 is 0 Å². The molecule has 86 valence electrons. The van der Waals surface area contributed by atoms with Gasteiger partial charge in [0.05, 0.1) is 7.11 Å². The number of ether oxygens (including phenoxy) is 1. The van der Waals surface area contributed by atoms with Crippen LogP contribution in [0, 0.1) is 0 Å². The van der Waals surface area contributed by atoms with Gasteiger partial charge in [-0.25, -0.2) is 0 Å². The molecule has 0 aliphatic rings. The minimum absolute atomic E-state index is 0. The third-order valence-corrected chi connectivity index (χ3v) is 2.33. The molecule has 15 heavy (non-hydrogen) atoms. The molecule has 0 saturated carbocycles. The monoisotopic (exact) mass is 273 g/mol. The number of rotatable bonds is 6. The van der Waals surface area contributed by atoms with Crippen LogP contribution in [0.25, 0.3) is 0 Å². The molecule has 0 saturated heterocycles. The lowest BCUT2D eigenvalue weighted by Gasteiger charge is -2.03. The average molecular weight is 274 g/mol. The molecule has 0 atom stereocenters. The van der Waals surface area contributed by atoms with Gasteiger partial charge in [0.25, 0.3) is 0 Å². The molecule has 0 spiro atoms. The van der Waals surface area contributed by atoms with Gasteiger partial charge in [-0.2, -0.15) is 0 Å². The normalized spacial score (nSPS) is 9.47. The highest BCUT2D eigenvalue weighted by Gasteiger charge is 1.94. The van der Waals surface area contributed by atoms with E-state index in [1.807, 2.05) is 12.1 Å². The smallest absolute Gasteiger partial charge is 0.118 e. The van der Waals surface area contributed by atoms with Crippen molar-refractivity contribution in [1.82, 2.24) is 0 Å². The summed E-state index contributed by atoms with van der Waals surface area (Å²) in [5.41, 5.74) is 6.81.